The topological polar surface area (TPSA) is 82.3 Å². The molecule has 1 atom stereocenters. The number of phenolic OH excluding ortho intramolecular Hbond substituents is 1. The minimum atomic E-state index is -0.467. The van der Waals surface area contributed by atoms with Crippen molar-refractivity contribution in [1.29, 1.82) is 5.26 Å². The van der Waals surface area contributed by atoms with E-state index in [0.717, 1.165) is 5.56 Å². The summed E-state index contributed by atoms with van der Waals surface area (Å²) in [4.78, 5) is 12.4. The number of amides is 1. The molecule has 2 N–H and O–H groups in total. The summed E-state index contributed by atoms with van der Waals surface area (Å²) in [5.41, 5.74) is 1.48. The maximum absolute atomic E-state index is 12.4. The molecule has 6 heteroatoms. The number of nitrogens with zero attached hydrogens (tertiary/aromatic N) is 1. The number of ether oxygens (including phenoxy) is 1. The number of halogens is 1. The smallest absolute Gasteiger partial charge is 0.262 e. The van der Waals surface area contributed by atoms with Gasteiger partial charge in [0.1, 0.15) is 11.6 Å². The Kier molecular flexibility index (Phi) is 6.81. The highest BCUT2D eigenvalue weighted by atomic mass is 79.9. The standard InChI is InChI=1S/C20H19BrN2O3/c1-3-26-18-11-14(10-17(21)19(18)24)9-16(12-22)20(25)23-13(2)15-7-5-4-6-8-15/h4-11,13,24H,3H2,1-2H3,(H,23,25)/b16-9+/t13-/m1/s1. The Bertz CT molecular complexity index is 857. The number of rotatable bonds is 6. The van der Waals surface area contributed by atoms with Gasteiger partial charge < -0.3 is 15.2 Å². The number of hydrogen-bond donors (Lipinski definition) is 2. The van der Waals surface area contributed by atoms with Crippen LogP contribution in [0.3, 0.4) is 0 Å². The lowest BCUT2D eigenvalue weighted by Crippen LogP contribution is -2.27. The van der Waals surface area contributed by atoms with Crippen LogP contribution in [0, 0.1) is 11.3 Å². The minimum absolute atomic E-state index is 0.0235. The molecular formula is C20H19BrN2O3. The van der Waals surface area contributed by atoms with E-state index in [9.17, 15) is 15.2 Å². The molecule has 0 saturated heterocycles. The van der Waals surface area contributed by atoms with E-state index in [-0.39, 0.29) is 23.1 Å². The average molecular weight is 415 g/mol. The maximum Gasteiger partial charge on any atom is 0.262 e. The lowest BCUT2D eigenvalue weighted by molar-refractivity contribution is -0.117. The third-order valence-electron chi connectivity index (χ3n) is 3.67. The fraction of sp³-hybridized carbons (Fsp3) is 0.200. The fourth-order valence-corrected chi connectivity index (χ4v) is 2.82. The quantitative estimate of drug-likeness (QED) is 0.543. The Labute approximate surface area is 161 Å². The van der Waals surface area contributed by atoms with Gasteiger partial charge in [-0.05, 0) is 59.1 Å². The van der Waals surface area contributed by atoms with Crippen molar-refractivity contribution in [2.24, 2.45) is 0 Å². The zero-order valence-corrected chi connectivity index (χ0v) is 16.1. The summed E-state index contributed by atoms with van der Waals surface area (Å²) in [6, 6.07) is 14.4. The van der Waals surface area contributed by atoms with Crippen LogP contribution in [0.2, 0.25) is 0 Å². The van der Waals surface area contributed by atoms with Gasteiger partial charge in [-0.3, -0.25) is 4.79 Å². The van der Waals surface area contributed by atoms with Crippen LogP contribution in [0.15, 0.2) is 52.5 Å². The Morgan fingerprint density at radius 2 is 2.08 bits per heavy atom. The van der Waals surface area contributed by atoms with Crippen LogP contribution in [-0.4, -0.2) is 17.6 Å². The second-order valence-electron chi connectivity index (χ2n) is 5.56. The predicted octanol–water partition coefficient (Wildman–Crippen LogP) is 4.34. The summed E-state index contributed by atoms with van der Waals surface area (Å²) in [5.74, 6) is -0.209. The van der Waals surface area contributed by atoms with Gasteiger partial charge in [-0.15, -0.1) is 0 Å². The monoisotopic (exact) mass is 414 g/mol. The number of carbonyl (C=O) groups excluding carboxylic acids is 1. The number of nitriles is 1. The molecule has 0 bridgehead atoms. The average Bonchev–Trinajstić information content (AvgIpc) is 2.64. The number of hydrogen-bond acceptors (Lipinski definition) is 4. The molecule has 26 heavy (non-hydrogen) atoms. The van der Waals surface area contributed by atoms with Crippen LogP contribution in [0.5, 0.6) is 11.5 Å². The molecule has 0 aliphatic heterocycles. The molecule has 0 fully saturated rings. The van der Waals surface area contributed by atoms with Gasteiger partial charge >= 0.3 is 0 Å². The first-order valence-corrected chi connectivity index (χ1v) is 8.88. The van der Waals surface area contributed by atoms with Crippen LogP contribution in [0.25, 0.3) is 6.08 Å². The summed E-state index contributed by atoms with van der Waals surface area (Å²) in [6.45, 7) is 4.04. The summed E-state index contributed by atoms with van der Waals surface area (Å²) < 4.78 is 5.78. The van der Waals surface area contributed by atoms with E-state index in [1.54, 1.807) is 19.1 Å². The highest BCUT2D eigenvalue weighted by Crippen LogP contribution is 2.36. The normalized spacial score (nSPS) is 12.2. The number of benzene rings is 2. The van der Waals surface area contributed by atoms with E-state index >= 15 is 0 Å². The Morgan fingerprint density at radius 1 is 1.38 bits per heavy atom. The number of phenols is 1. The second-order valence-corrected chi connectivity index (χ2v) is 6.41. The molecule has 2 aromatic carbocycles. The van der Waals surface area contributed by atoms with Gasteiger partial charge in [0, 0.05) is 0 Å². The highest BCUT2D eigenvalue weighted by molar-refractivity contribution is 9.10. The first-order chi connectivity index (χ1) is 12.5. The van der Waals surface area contributed by atoms with Crippen molar-refractivity contribution in [2.75, 3.05) is 6.61 Å². The van der Waals surface area contributed by atoms with Gasteiger partial charge in [-0.2, -0.15) is 5.26 Å². The fourth-order valence-electron chi connectivity index (χ4n) is 2.36. The van der Waals surface area contributed by atoms with Crippen LogP contribution in [0.4, 0.5) is 0 Å². The third-order valence-corrected chi connectivity index (χ3v) is 4.28. The Hall–Kier alpha value is -2.78. The maximum atomic E-state index is 12.4. The molecule has 134 valence electrons. The van der Waals surface area contributed by atoms with Crippen molar-refractivity contribution in [3.63, 3.8) is 0 Å². The lowest BCUT2D eigenvalue weighted by Gasteiger charge is -2.14. The third kappa shape index (κ3) is 4.87. The lowest BCUT2D eigenvalue weighted by atomic mass is 10.1. The molecule has 0 aliphatic carbocycles. The van der Waals surface area contributed by atoms with Crippen molar-refractivity contribution < 1.29 is 14.6 Å². The number of carbonyl (C=O) groups is 1. The van der Waals surface area contributed by atoms with Crippen LogP contribution < -0.4 is 10.1 Å². The van der Waals surface area contributed by atoms with Crippen LogP contribution in [-0.2, 0) is 4.79 Å². The van der Waals surface area contributed by atoms with Crippen molar-refractivity contribution >= 4 is 27.9 Å². The predicted molar refractivity (Wildman–Crippen MR) is 104 cm³/mol. The van der Waals surface area contributed by atoms with E-state index < -0.39 is 5.91 Å². The molecule has 0 heterocycles. The Morgan fingerprint density at radius 3 is 2.69 bits per heavy atom. The summed E-state index contributed by atoms with van der Waals surface area (Å²) >= 11 is 3.24. The molecule has 0 radical (unpaired) electrons. The first kappa shape index (κ1) is 19.5. The van der Waals surface area contributed by atoms with Crippen molar-refractivity contribution in [3.05, 3.63) is 63.6 Å². The molecule has 2 rings (SSSR count). The molecule has 0 saturated carbocycles. The molecule has 0 aromatic heterocycles. The van der Waals surface area contributed by atoms with E-state index in [2.05, 4.69) is 21.2 Å². The number of nitrogens with one attached hydrogen (secondary N) is 1. The summed E-state index contributed by atoms with van der Waals surface area (Å²) in [7, 11) is 0. The molecule has 2 aromatic rings. The van der Waals surface area contributed by atoms with Crippen molar-refractivity contribution in [3.8, 4) is 17.6 Å². The minimum Gasteiger partial charge on any atom is -0.503 e. The Balaban J connectivity index is 2.24. The molecular weight excluding hydrogens is 396 g/mol. The van der Waals surface area contributed by atoms with E-state index in [1.807, 2.05) is 43.3 Å². The number of aromatic hydroxyl groups is 1. The molecule has 0 unspecified atom stereocenters. The summed E-state index contributed by atoms with van der Waals surface area (Å²) in [5, 5.41) is 22.1. The zero-order valence-electron chi connectivity index (χ0n) is 14.5. The molecule has 1 amide bonds. The van der Waals surface area contributed by atoms with Crippen LogP contribution in [0.1, 0.15) is 31.0 Å². The SMILES string of the molecule is CCOc1cc(/C=C(\C#N)C(=O)N[C@H](C)c2ccccc2)cc(Br)c1O. The summed E-state index contributed by atoms with van der Waals surface area (Å²) in [6.07, 6.45) is 1.46. The van der Waals surface area contributed by atoms with E-state index in [1.165, 1.54) is 6.08 Å². The van der Waals surface area contributed by atoms with Gasteiger partial charge in [-0.25, -0.2) is 0 Å². The van der Waals surface area contributed by atoms with Crippen LogP contribution >= 0.6 is 15.9 Å². The van der Waals surface area contributed by atoms with Crippen molar-refractivity contribution in [2.45, 2.75) is 19.9 Å². The molecule has 5 nitrogen and oxygen atoms in total. The largest absolute Gasteiger partial charge is 0.503 e. The van der Waals surface area contributed by atoms with E-state index in [4.69, 9.17) is 4.74 Å². The van der Waals surface area contributed by atoms with Gasteiger partial charge in [-0.1, -0.05) is 30.3 Å². The van der Waals surface area contributed by atoms with Gasteiger partial charge in [0.25, 0.3) is 5.91 Å². The molecule has 0 spiro atoms. The van der Waals surface area contributed by atoms with E-state index in [0.29, 0.717) is 16.6 Å². The second kappa shape index (κ2) is 9.07. The van der Waals surface area contributed by atoms with Gasteiger partial charge in [0.15, 0.2) is 11.5 Å². The van der Waals surface area contributed by atoms with Crippen molar-refractivity contribution in [1.82, 2.24) is 5.32 Å². The highest BCUT2D eigenvalue weighted by Gasteiger charge is 2.15. The van der Waals surface area contributed by atoms with Gasteiger partial charge in [0.05, 0.1) is 17.1 Å². The zero-order chi connectivity index (χ0) is 19.1. The van der Waals surface area contributed by atoms with Gasteiger partial charge in [0.2, 0.25) is 0 Å². The molecule has 0 aliphatic rings. The first-order valence-electron chi connectivity index (χ1n) is 8.09.